The maximum Gasteiger partial charge on any atom is 0.263 e. The fourth-order valence-electron chi connectivity index (χ4n) is 2.56. The monoisotopic (exact) mass is 431 g/mol. The van der Waals surface area contributed by atoms with E-state index in [-0.39, 0.29) is 5.91 Å². The van der Waals surface area contributed by atoms with Crippen LogP contribution in [-0.4, -0.2) is 37.2 Å². The topological polar surface area (TPSA) is 66.0 Å². The molecule has 1 amide bonds. The lowest BCUT2D eigenvalue weighted by Crippen LogP contribution is -2.17. The largest absolute Gasteiger partial charge is 0.497 e. The number of carbonyl (C=O) groups is 1. The van der Waals surface area contributed by atoms with Crippen LogP contribution in [0.5, 0.6) is 23.0 Å². The van der Waals surface area contributed by atoms with E-state index in [0.717, 1.165) is 17.1 Å². The predicted molar refractivity (Wildman–Crippen MR) is 118 cm³/mol. The fraction of sp³-hybridized carbons (Fsp3) is 0.238. The molecule has 8 heteroatoms. The second-order valence-electron chi connectivity index (χ2n) is 5.86. The summed E-state index contributed by atoms with van der Waals surface area (Å²) < 4.78 is 22.8. The molecule has 152 valence electrons. The zero-order valence-electron chi connectivity index (χ0n) is 16.1. The molecule has 0 saturated carbocycles. The molecule has 0 unspecified atom stereocenters. The third kappa shape index (κ3) is 5.88. The SMILES string of the molecule is CCOc1cc(/C=C2/SC(=S)NC2=O)ccc1OCCOc1ccc(OC)cc1. The van der Waals surface area contributed by atoms with E-state index >= 15 is 0 Å². The first kappa shape index (κ1) is 21.0. The van der Waals surface area contributed by atoms with Gasteiger partial charge in [0, 0.05) is 0 Å². The maximum absolute atomic E-state index is 11.8. The minimum Gasteiger partial charge on any atom is -0.497 e. The van der Waals surface area contributed by atoms with Gasteiger partial charge >= 0.3 is 0 Å². The Kier molecular flexibility index (Phi) is 7.37. The molecule has 2 aromatic carbocycles. The molecule has 2 aromatic rings. The van der Waals surface area contributed by atoms with Crippen molar-refractivity contribution < 1.29 is 23.7 Å². The van der Waals surface area contributed by atoms with Crippen molar-refractivity contribution in [1.29, 1.82) is 0 Å². The number of rotatable bonds is 9. The number of methoxy groups -OCH3 is 1. The Morgan fingerprint density at radius 3 is 2.38 bits per heavy atom. The number of thiocarbonyl (C=S) groups is 1. The predicted octanol–water partition coefficient (Wildman–Crippen LogP) is 4.04. The smallest absolute Gasteiger partial charge is 0.263 e. The molecule has 0 aromatic heterocycles. The maximum atomic E-state index is 11.8. The Bertz CT molecular complexity index is 912. The van der Waals surface area contributed by atoms with Crippen molar-refractivity contribution in [2.24, 2.45) is 0 Å². The van der Waals surface area contributed by atoms with Crippen LogP contribution in [0.3, 0.4) is 0 Å². The lowest BCUT2D eigenvalue weighted by Gasteiger charge is -2.13. The van der Waals surface area contributed by atoms with E-state index in [9.17, 15) is 4.79 Å². The molecule has 6 nitrogen and oxygen atoms in total. The van der Waals surface area contributed by atoms with E-state index in [1.807, 2.05) is 49.4 Å². The molecule has 1 heterocycles. The molecular weight excluding hydrogens is 410 g/mol. The summed E-state index contributed by atoms with van der Waals surface area (Å²) in [5, 5.41) is 2.60. The summed E-state index contributed by atoms with van der Waals surface area (Å²) in [5.74, 6) is 2.56. The van der Waals surface area contributed by atoms with Gasteiger partial charge in [-0.05, 0) is 55.0 Å². The Labute approximate surface area is 179 Å². The van der Waals surface area contributed by atoms with Crippen molar-refractivity contribution in [3.63, 3.8) is 0 Å². The zero-order valence-corrected chi connectivity index (χ0v) is 17.7. The van der Waals surface area contributed by atoms with Gasteiger partial charge in [-0.15, -0.1) is 0 Å². The fourth-order valence-corrected chi connectivity index (χ4v) is 3.60. The number of nitrogens with one attached hydrogen (secondary N) is 1. The van der Waals surface area contributed by atoms with Gasteiger partial charge in [0.05, 0.1) is 18.6 Å². The van der Waals surface area contributed by atoms with Crippen LogP contribution in [-0.2, 0) is 4.79 Å². The van der Waals surface area contributed by atoms with Crippen LogP contribution in [0.25, 0.3) is 6.08 Å². The molecular formula is C21H21NO5S2. The minimum atomic E-state index is -0.186. The van der Waals surface area contributed by atoms with Gasteiger partial charge in [-0.1, -0.05) is 30.0 Å². The summed E-state index contributed by atoms with van der Waals surface area (Å²) in [6.45, 7) is 3.15. The van der Waals surface area contributed by atoms with Crippen molar-refractivity contribution >= 4 is 40.3 Å². The van der Waals surface area contributed by atoms with Crippen LogP contribution >= 0.6 is 24.0 Å². The molecule has 0 aliphatic carbocycles. The lowest BCUT2D eigenvalue weighted by molar-refractivity contribution is -0.115. The van der Waals surface area contributed by atoms with Gasteiger partial charge in [-0.2, -0.15) is 0 Å². The van der Waals surface area contributed by atoms with Crippen LogP contribution in [0, 0.1) is 0 Å². The van der Waals surface area contributed by atoms with Crippen molar-refractivity contribution in [1.82, 2.24) is 5.32 Å². The third-order valence-electron chi connectivity index (χ3n) is 3.88. The summed E-state index contributed by atoms with van der Waals surface area (Å²) in [6, 6.07) is 12.9. The second kappa shape index (κ2) is 10.2. The summed E-state index contributed by atoms with van der Waals surface area (Å²) in [5.41, 5.74) is 0.831. The number of hydrogen-bond acceptors (Lipinski definition) is 7. The van der Waals surface area contributed by atoms with Gasteiger partial charge < -0.3 is 24.3 Å². The van der Waals surface area contributed by atoms with Gasteiger partial charge in [0.1, 0.15) is 29.0 Å². The quantitative estimate of drug-likeness (QED) is 0.365. The second-order valence-corrected chi connectivity index (χ2v) is 7.58. The Balaban J connectivity index is 1.60. The molecule has 0 spiro atoms. The van der Waals surface area contributed by atoms with Crippen molar-refractivity contribution in [2.45, 2.75) is 6.92 Å². The van der Waals surface area contributed by atoms with Crippen molar-refractivity contribution in [2.75, 3.05) is 26.9 Å². The van der Waals surface area contributed by atoms with E-state index in [0.29, 0.717) is 40.5 Å². The number of ether oxygens (including phenoxy) is 4. The third-order valence-corrected chi connectivity index (χ3v) is 5.04. The first-order chi connectivity index (χ1) is 14.1. The molecule has 0 radical (unpaired) electrons. The van der Waals surface area contributed by atoms with E-state index in [1.54, 1.807) is 13.2 Å². The molecule has 1 fully saturated rings. The highest BCUT2D eigenvalue weighted by Crippen LogP contribution is 2.32. The Hall–Kier alpha value is -2.71. The van der Waals surface area contributed by atoms with E-state index < -0.39 is 0 Å². The van der Waals surface area contributed by atoms with Crippen molar-refractivity contribution in [3.05, 3.63) is 52.9 Å². The molecule has 1 saturated heterocycles. The van der Waals surface area contributed by atoms with Gasteiger partial charge in [0.2, 0.25) is 0 Å². The van der Waals surface area contributed by atoms with Crippen LogP contribution in [0.1, 0.15) is 12.5 Å². The number of amides is 1. The zero-order chi connectivity index (χ0) is 20.6. The van der Waals surface area contributed by atoms with Gasteiger partial charge in [-0.25, -0.2) is 0 Å². The highest BCUT2D eigenvalue weighted by Gasteiger charge is 2.22. The van der Waals surface area contributed by atoms with Crippen LogP contribution in [0.2, 0.25) is 0 Å². The van der Waals surface area contributed by atoms with Gasteiger partial charge in [0.15, 0.2) is 11.5 Å². The first-order valence-electron chi connectivity index (χ1n) is 9.00. The van der Waals surface area contributed by atoms with Crippen LogP contribution in [0.4, 0.5) is 0 Å². The van der Waals surface area contributed by atoms with Gasteiger partial charge in [0.25, 0.3) is 5.91 Å². The molecule has 0 bridgehead atoms. The average Bonchev–Trinajstić information content (AvgIpc) is 3.04. The average molecular weight is 432 g/mol. The molecule has 29 heavy (non-hydrogen) atoms. The standard InChI is InChI=1S/C21H21NO5S2/c1-3-25-18-12-14(13-19-20(23)22-21(28)29-19)4-9-17(18)27-11-10-26-16-7-5-15(24-2)6-8-16/h4-9,12-13H,3,10-11H2,1-2H3,(H,22,23,28)/b19-13+. The summed E-state index contributed by atoms with van der Waals surface area (Å²) in [7, 11) is 1.62. The van der Waals surface area contributed by atoms with Gasteiger partial charge in [-0.3, -0.25) is 4.79 Å². The number of thioether (sulfide) groups is 1. The molecule has 1 N–H and O–H groups in total. The molecule has 0 atom stereocenters. The van der Waals surface area contributed by atoms with E-state index in [1.165, 1.54) is 11.8 Å². The molecule has 1 aliphatic heterocycles. The number of hydrogen-bond donors (Lipinski definition) is 1. The first-order valence-corrected chi connectivity index (χ1v) is 10.2. The minimum absolute atomic E-state index is 0.186. The summed E-state index contributed by atoms with van der Waals surface area (Å²) in [4.78, 5) is 12.4. The molecule has 1 aliphatic rings. The Morgan fingerprint density at radius 1 is 1.00 bits per heavy atom. The van der Waals surface area contributed by atoms with E-state index in [4.69, 9.17) is 31.2 Å². The number of benzene rings is 2. The summed E-state index contributed by atoms with van der Waals surface area (Å²) in [6.07, 6.45) is 1.78. The normalized spacial score (nSPS) is 14.6. The lowest BCUT2D eigenvalue weighted by atomic mass is 10.2. The number of carbonyl (C=O) groups excluding carboxylic acids is 1. The summed E-state index contributed by atoms with van der Waals surface area (Å²) >= 11 is 6.26. The van der Waals surface area contributed by atoms with Crippen LogP contribution < -0.4 is 24.3 Å². The van der Waals surface area contributed by atoms with Crippen LogP contribution in [0.15, 0.2) is 47.4 Å². The highest BCUT2D eigenvalue weighted by molar-refractivity contribution is 8.26. The van der Waals surface area contributed by atoms with E-state index in [2.05, 4.69) is 5.32 Å². The Morgan fingerprint density at radius 2 is 1.72 bits per heavy atom. The van der Waals surface area contributed by atoms with Crippen molar-refractivity contribution in [3.8, 4) is 23.0 Å². The highest BCUT2D eigenvalue weighted by atomic mass is 32.2. The molecule has 3 rings (SSSR count).